The highest BCUT2D eigenvalue weighted by Crippen LogP contribution is 2.33. The van der Waals surface area contributed by atoms with Crippen LogP contribution in [0.1, 0.15) is 5.56 Å². The predicted octanol–water partition coefficient (Wildman–Crippen LogP) is 2.97. The second-order valence-corrected chi connectivity index (χ2v) is 6.56. The number of para-hydroxylation sites is 2. The molecule has 3 rings (SSSR count). The number of nitrogens with one attached hydrogen (secondary N) is 1. The van der Waals surface area contributed by atoms with Crippen molar-refractivity contribution in [1.29, 1.82) is 0 Å². The lowest BCUT2D eigenvalue weighted by molar-refractivity contribution is -0.130. The molecule has 26 heavy (non-hydrogen) atoms. The van der Waals surface area contributed by atoms with Crippen LogP contribution in [-0.4, -0.2) is 39.4 Å². The topological polar surface area (TPSA) is 66.0 Å². The highest BCUT2D eigenvalue weighted by molar-refractivity contribution is 9.10. The Hall–Kier alpha value is -2.41. The summed E-state index contributed by atoms with van der Waals surface area (Å²) < 4.78 is 22.8. The second kappa shape index (κ2) is 8.31. The van der Waals surface area contributed by atoms with Crippen LogP contribution in [0.3, 0.4) is 0 Å². The average Bonchev–Trinajstić information content (AvgIpc) is 2.68. The summed E-state index contributed by atoms with van der Waals surface area (Å²) in [5.74, 6) is 2.35. The third-order valence-electron chi connectivity index (χ3n) is 4.05. The summed E-state index contributed by atoms with van der Waals surface area (Å²) in [6.07, 6.45) is -0.0182. The zero-order valence-corrected chi connectivity index (χ0v) is 16.2. The Morgan fingerprint density at radius 3 is 2.62 bits per heavy atom. The van der Waals surface area contributed by atoms with Crippen molar-refractivity contribution in [1.82, 2.24) is 5.32 Å². The fourth-order valence-electron chi connectivity index (χ4n) is 2.67. The third kappa shape index (κ3) is 4.04. The highest BCUT2D eigenvalue weighted by atomic mass is 79.9. The number of amides is 1. The number of carbonyl (C=O) groups is 1. The average molecular weight is 422 g/mol. The van der Waals surface area contributed by atoms with Crippen molar-refractivity contribution in [3.63, 3.8) is 0 Å². The van der Waals surface area contributed by atoms with E-state index in [0.29, 0.717) is 36.0 Å². The van der Waals surface area contributed by atoms with Gasteiger partial charge in [-0.3, -0.25) is 4.79 Å². The molecule has 1 atom stereocenters. The largest absolute Gasteiger partial charge is 0.493 e. The van der Waals surface area contributed by atoms with E-state index in [1.807, 2.05) is 30.3 Å². The van der Waals surface area contributed by atoms with E-state index >= 15 is 0 Å². The van der Waals surface area contributed by atoms with Gasteiger partial charge in [-0.15, -0.1) is 0 Å². The van der Waals surface area contributed by atoms with Gasteiger partial charge in [0.05, 0.1) is 14.2 Å². The van der Waals surface area contributed by atoms with Gasteiger partial charge in [0.25, 0.3) is 5.91 Å². The number of halogens is 1. The van der Waals surface area contributed by atoms with Crippen molar-refractivity contribution in [2.24, 2.45) is 0 Å². The zero-order chi connectivity index (χ0) is 18.5. The van der Waals surface area contributed by atoms with Crippen LogP contribution in [0.25, 0.3) is 0 Å². The quantitative estimate of drug-likeness (QED) is 0.776. The van der Waals surface area contributed by atoms with E-state index < -0.39 is 6.10 Å². The standard InChI is InChI=1S/C19H20BrNO5/c1-23-16-9-12(13(20)10-17(16)24-2)7-8-21-19(22)18-11-25-14-5-3-4-6-15(14)26-18/h3-6,9-10,18H,7-8,11H2,1-2H3,(H,21,22). The molecule has 1 N–H and O–H groups in total. The van der Waals surface area contributed by atoms with Gasteiger partial charge in [0.15, 0.2) is 23.0 Å². The van der Waals surface area contributed by atoms with Gasteiger partial charge in [-0.1, -0.05) is 28.1 Å². The van der Waals surface area contributed by atoms with Crippen molar-refractivity contribution in [3.05, 3.63) is 46.4 Å². The Kier molecular flexibility index (Phi) is 5.88. The second-order valence-electron chi connectivity index (χ2n) is 5.70. The summed E-state index contributed by atoms with van der Waals surface area (Å²) in [5, 5.41) is 2.89. The molecular weight excluding hydrogens is 402 g/mol. The molecule has 1 aliphatic heterocycles. The maximum atomic E-state index is 12.3. The lowest BCUT2D eigenvalue weighted by Gasteiger charge is -2.25. The molecule has 1 amide bonds. The molecule has 0 aliphatic carbocycles. The molecule has 2 aromatic carbocycles. The summed E-state index contributed by atoms with van der Waals surface area (Å²) >= 11 is 3.52. The van der Waals surface area contributed by atoms with Crippen LogP contribution in [-0.2, 0) is 11.2 Å². The Labute approximate surface area is 160 Å². The fraction of sp³-hybridized carbons (Fsp3) is 0.316. The smallest absolute Gasteiger partial charge is 0.264 e. The fourth-order valence-corrected chi connectivity index (χ4v) is 3.19. The van der Waals surface area contributed by atoms with Gasteiger partial charge in [-0.25, -0.2) is 0 Å². The number of hydrogen-bond donors (Lipinski definition) is 1. The van der Waals surface area contributed by atoms with Crippen LogP contribution >= 0.6 is 15.9 Å². The molecule has 0 saturated heterocycles. The van der Waals surface area contributed by atoms with Crippen LogP contribution < -0.4 is 24.3 Å². The van der Waals surface area contributed by atoms with Gasteiger partial charge in [-0.2, -0.15) is 0 Å². The van der Waals surface area contributed by atoms with E-state index in [-0.39, 0.29) is 12.5 Å². The minimum atomic E-state index is -0.654. The molecule has 2 aromatic rings. The molecular formula is C19H20BrNO5. The normalized spacial score (nSPS) is 15.3. The van der Waals surface area contributed by atoms with Crippen molar-refractivity contribution >= 4 is 21.8 Å². The van der Waals surface area contributed by atoms with Crippen molar-refractivity contribution < 1.29 is 23.7 Å². The lowest BCUT2D eigenvalue weighted by Crippen LogP contribution is -2.44. The molecule has 0 aromatic heterocycles. The summed E-state index contributed by atoms with van der Waals surface area (Å²) in [6.45, 7) is 0.664. The monoisotopic (exact) mass is 421 g/mol. The van der Waals surface area contributed by atoms with Crippen molar-refractivity contribution in [2.75, 3.05) is 27.4 Å². The molecule has 1 heterocycles. The van der Waals surface area contributed by atoms with Crippen molar-refractivity contribution in [3.8, 4) is 23.0 Å². The first-order chi connectivity index (χ1) is 12.6. The summed E-state index contributed by atoms with van der Waals surface area (Å²) in [6, 6.07) is 11.1. The number of benzene rings is 2. The number of fused-ring (bicyclic) bond motifs is 1. The van der Waals surface area contributed by atoms with E-state index in [9.17, 15) is 4.79 Å². The number of ether oxygens (including phenoxy) is 4. The van der Waals surface area contributed by atoms with Crippen LogP contribution in [0.15, 0.2) is 40.9 Å². The highest BCUT2D eigenvalue weighted by Gasteiger charge is 2.26. The molecule has 0 bridgehead atoms. The minimum Gasteiger partial charge on any atom is -0.493 e. The van der Waals surface area contributed by atoms with E-state index in [2.05, 4.69) is 21.2 Å². The van der Waals surface area contributed by atoms with E-state index in [1.165, 1.54) is 0 Å². The Balaban J connectivity index is 1.56. The molecule has 0 spiro atoms. The SMILES string of the molecule is COc1cc(Br)c(CCNC(=O)C2COc3ccccc3O2)cc1OC. The van der Waals surface area contributed by atoms with Crippen molar-refractivity contribution in [2.45, 2.75) is 12.5 Å². The van der Waals surface area contributed by atoms with Gasteiger partial charge >= 0.3 is 0 Å². The summed E-state index contributed by atoms with van der Waals surface area (Å²) in [7, 11) is 3.18. The number of rotatable bonds is 6. The molecule has 7 heteroatoms. The van der Waals surface area contributed by atoms with Crippen LogP contribution in [0.5, 0.6) is 23.0 Å². The predicted molar refractivity (Wildman–Crippen MR) is 100 cm³/mol. The minimum absolute atomic E-state index is 0.197. The van der Waals surface area contributed by atoms with Gasteiger partial charge in [0, 0.05) is 11.0 Å². The Bertz CT molecular complexity index is 795. The van der Waals surface area contributed by atoms with Crippen LogP contribution in [0, 0.1) is 0 Å². The van der Waals surface area contributed by atoms with E-state index in [4.69, 9.17) is 18.9 Å². The molecule has 138 valence electrons. The Morgan fingerprint density at radius 1 is 1.19 bits per heavy atom. The molecule has 6 nitrogen and oxygen atoms in total. The maximum absolute atomic E-state index is 12.3. The van der Waals surface area contributed by atoms with Gasteiger partial charge in [-0.05, 0) is 36.2 Å². The van der Waals surface area contributed by atoms with Crippen LogP contribution in [0.2, 0.25) is 0 Å². The summed E-state index contributed by atoms with van der Waals surface area (Å²) in [5.41, 5.74) is 1.01. The van der Waals surface area contributed by atoms with E-state index in [0.717, 1.165) is 10.0 Å². The molecule has 1 unspecified atom stereocenters. The first-order valence-corrected chi connectivity index (χ1v) is 8.98. The third-order valence-corrected chi connectivity index (χ3v) is 4.79. The van der Waals surface area contributed by atoms with Gasteiger partial charge in [0.2, 0.25) is 6.10 Å². The number of carbonyl (C=O) groups excluding carboxylic acids is 1. The van der Waals surface area contributed by atoms with Gasteiger partial charge in [0.1, 0.15) is 6.61 Å². The number of methoxy groups -OCH3 is 2. The lowest BCUT2D eigenvalue weighted by atomic mass is 10.1. The molecule has 0 fully saturated rings. The number of hydrogen-bond acceptors (Lipinski definition) is 5. The Morgan fingerprint density at radius 2 is 1.88 bits per heavy atom. The summed E-state index contributed by atoms with van der Waals surface area (Å²) in [4.78, 5) is 12.3. The van der Waals surface area contributed by atoms with Gasteiger partial charge < -0.3 is 24.3 Å². The molecule has 0 radical (unpaired) electrons. The molecule has 0 saturated carbocycles. The van der Waals surface area contributed by atoms with Crippen LogP contribution in [0.4, 0.5) is 0 Å². The molecule has 1 aliphatic rings. The first-order valence-electron chi connectivity index (χ1n) is 8.19. The zero-order valence-electron chi connectivity index (χ0n) is 14.6. The first kappa shape index (κ1) is 18.4. The maximum Gasteiger partial charge on any atom is 0.264 e. The van der Waals surface area contributed by atoms with E-state index in [1.54, 1.807) is 20.3 Å².